The van der Waals surface area contributed by atoms with E-state index in [2.05, 4.69) is 0 Å². The second kappa shape index (κ2) is 5.64. The molecule has 0 bridgehead atoms. The third-order valence-corrected chi connectivity index (χ3v) is 2.86. The van der Waals surface area contributed by atoms with Gasteiger partial charge in [0.1, 0.15) is 0 Å². The minimum Gasteiger partial charge on any atom is -0.479 e. The summed E-state index contributed by atoms with van der Waals surface area (Å²) < 4.78 is 11.0. The first-order chi connectivity index (χ1) is 7.44. The van der Waals surface area contributed by atoms with Gasteiger partial charge >= 0.3 is 5.97 Å². The van der Waals surface area contributed by atoms with Crippen molar-refractivity contribution in [1.82, 2.24) is 0 Å². The second-order valence-corrected chi connectivity index (χ2v) is 5.08. The number of hydrogen-bond acceptors (Lipinski definition) is 3. The van der Waals surface area contributed by atoms with Crippen LogP contribution in [0.25, 0.3) is 0 Å². The van der Waals surface area contributed by atoms with Crippen molar-refractivity contribution >= 4 is 5.97 Å². The zero-order chi connectivity index (χ0) is 12.2. The second-order valence-electron chi connectivity index (χ2n) is 5.08. The molecular formula is C12H22O4. The Morgan fingerprint density at radius 3 is 2.75 bits per heavy atom. The van der Waals surface area contributed by atoms with E-state index in [9.17, 15) is 9.90 Å². The van der Waals surface area contributed by atoms with Crippen LogP contribution >= 0.6 is 0 Å². The summed E-state index contributed by atoms with van der Waals surface area (Å²) >= 11 is 0. The predicted molar refractivity (Wildman–Crippen MR) is 60.4 cm³/mol. The molecule has 2 unspecified atom stereocenters. The maximum absolute atomic E-state index is 11.2. The van der Waals surface area contributed by atoms with Crippen molar-refractivity contribution < 1.29 is 19.4 Å². The lowest BCUT2D eigenvalue weighted by atomic mass is 9.94. The first-order valence-electron chi connectivity index (χ1n) is 5.93. The normalized spacial score (nSPS) is 24.6. The molecule has 1 heterocycles. The van der Waals surface area contributed by atoms with E-state index in [-0.39, 0.29) is 6.10 Å². The molecule has 4 heteroatoms. The highest BCUT2D eigenvalue weighted by molar-refractivity contribution is 5.76. The summed E-state index contributed by atoms with van der Waals surface area (Å²) in [6.45, 7) is 6.79. The van der Waals surface area contributed by atoms with Gasteiger partial charge in [0.15, 0.2) is 5.60 Å². The molecule has 2 atom stereocenters. The molecule has 0 aliphatic carbocycles. The zero-order valence-corrected chi connectivity index (χ0v) is 10.4. The van der Waals surface area contributed by atoms with Gasteiger partial charge in [-0.3, -0.25) is 0 Å². The molecule has 16 heavy (non-hydrogen) atoms. The Bertz CT molecular complexity index is 233. The Morgan fingerprint density at radius 2 is 2.31 bits per heavy atom. The lowest BCUT2D eigenvalue weighted by Gasteiger charge is -2.28. The Balaban J connectivity index is 2.46. The van der Waals surface area contributed by atoms with E-state index in [4.69, 9.17) is 9.47 Å². The average Bonchev–Trinajstić information content (AvgIpc) is 2.65. The van der Waals surface area contributed by atoms with Crippen LogP contribution in [-0.2, 0) is 14.3 Å². The van der Waals surface area contributed by atoms with E-state index in [0.29, 0.717) is 18.9 Å². The summed E-state index contributed by atoms with van der Waals surface area (Å²) in [5, 5.41) is 9.19. The van der Waals surface area contributed by atoms with E-state index < -0.39 is 11.6 Å². The van der Waals surface area contributed by atoms with Gasteiger partial charge in [0.05, 0.1) is 12.7 Å². The molecule has 1 N–H and O–H groups in total. The average molecular weight is 230 g/mol. The van der Waals surface area contributed by atoms with Crippen LogP contribution in [0.1, 0.15) is 40.0 Å². The van der Waals surface area contributed by atoms with Gasteiger partial charge in [-0.15, -0.1) is 0 Å². The van der Waals surface area contributed by atoms with E-state index >= 15 is 0 Å². The summed E-state index contributed by atoms with van der Waals surface area (Å²) in [4.78, 5) is 11.2. The van der Waals surface area contributed by atoms with Crippen molar-refractivity contribution in [3.63, 3.8) is 0 Å². The first kappa shape index (κ1) is 13.5. The van der Waals surface area contributed by atoms with Crippen molar-refractivity contribution in [3.8, 4) is 0 Å². The number of carbonyl (C=O) groups is 1. The van der Waals surface area contributed by atoms with Gasteiger partial charge in [-0.25, -0.2) is 4.79 Å². The van der Waals surface area contributed by atoms with Gasteiger partial charge in [0.2, 0.25) is 0 Å². The molecule has 0 aromatic heterocycles. The molecule has 1 rings (SSSR count). The molecule has 94 valence electrons. The third kappa shape index (κ3) is 3.76. The van der Waals surface area contributed by atoms with E-state index in [1.807, 2.05) is 13.8 Å². The number of carboxylic acid groups (broad SMARTS) is 1. The Hall–Kier alpha value is -0.610. The number of hydrogen-bond donors (Lipinski definition) is 1. The molecule has 0 aromatic rings. The van der Waals surface area contributed by atoms with Crippen LogP contribution in [0.2, 0.25) is 0 Å². The van der Waals surface area contributed by atoms with Gasteiger partial charge in [-0.1, -0.05) is 13.8 Å². The minimum absolute atomic E-state index is 0.0748. The lowest BCUT2D eigenvalue weighted by molar-refractivity contribution is -0.169. The van der Waals surface area contributed by atoms with Crippen LogP contribution in [0.15, 0.2) is 0 Å². The highest BCUT2D eigenvalue weighted by Crippen LogP contribution is 2.23. The Kier molecular flexibility index (Phi) is 4.74. The standard InChI is InChI=1S/C12H22O4/c1-9(2)7-12(3,11(13)14)16-8-10-5-4-6-15-10/h9-10H,4-8H2,1-3H3,(H,13,14). The molecule has 0 aromatic carbocycles. The maximum Gasteiger partial charge on any atom is 0.335 e. The number of carboxylic acids is 1. The monoisotopic (exact) mass is 230 g/mol. The van der Waals surface area contributed by atoms with Crippen LogP contribution in [0, 0.1) is 5.92 Å². The fourth-order valence-electron chi connectivity index (χ4n) is 2.04. The predicted octanol–water partition coefficient (Wildman–Crippen LogP) is 2.07. The van der Waals surface area contributed by atoms with E-state index in [1.165, 1.54) is 0 Å². The molecule has 0 spiro atoms. The quantitative estimate of drug-likeness (QED) is 0.759. The van der Waals surface area contributed by atoms with Gasteiger partial charge in [0.25, 0.3) is 0 Å². The van der Waals surface area contributed by atoms with E-state index in [0.717, 1.165) is 19.4 Å². The summed E-state index contributed by atoms with van der Waals surface area (Å²) in [5.41, 5.74) is -1.08. The first-order valence-corrected chi connectivity index (χ1v) is 5.93. The van der Waals surface area contributed by atoms with Crippen LogP contribution in [0.3, 0.4) is 0 Å². The highest BCUT2D eigenvalue weighted by atomic mass is 16.6. The van der Waals surface area contributed by atoms with Gasteiger partial charge in [0, 0.05) is 6.61 Å². The van der Waals surface area contributed by atoms with Crippen molar-refractivity contribution in [2.45, 2.75) is 51.7 Å². The molecular weight excluding hydrogens is 208 g/mol. The molecule has 1 aliphatic heterocycles. The van der Waals surface area contributed by atoms with Crippen molar-refractivity contribution in [2.75, 3.05) is 13.2 Å². The fraction of sp³-hybridized carbons (Fsp3) is 0.917. The molecule has 4 nitrogen and oxygen atoms in total. The number of rotatable bonds is 6. The van der Waals surface area contributed by atoms with E-state index in [1.54, 1.807) is 6.92 Å². The fourth-order valence-corrected chi connectivity index (χ4v) is 2.04. The molecule has 1 aliphatic rings. The Labute approximate surface area is 96.9 Å². The topological polar surface area (TPSA) is 55.8 Å². The van der Waals surface area contributed by atoms with Gasteiger partial charge < -0.3 is 14.6 Å². The zero-order valence-electron chi connectivity index (χ0n) is 10.4. The molecule has 0 amide bonds. The van der Waals surface area contributed by atoms with Crippen molar-refractivity contribution in [3.05, 3.63) is 0 Å². The lowest BCUT2D eigenvalue weighted by Crippen LogP contribution is -2.41. The van der Waals surface area contributed by atoms with Crippen LogP contribution in [0.4, 0.5) is 0 Å². The molecule has 0 radical (unpaired) electrons. The molecule has 1 fully saturated rings. The van der Waals surface area contributed by atoms with Crippen LogP contribution < -0.4 is 0 Å². The summed E-state index contributed by atoms with van der Waals surface area (Å²) in [6, 6.07) is 0. The SMILES string of the molecule is CC(C)CC(C)(OCC1CCCO1)C(=O)O. The summed E-state index contributed by atoms with van der Waals surface area (Å²) in [5.74, 6) is -0.593. The molecule has 0 saturated carbocycles. The van der Waals surface area contributed by atoms with Crippen LogP contribution in [0.5, 0.6) is 0 Å². The van der Waals surface area contributed by atoms with Crippen molar-refractivity contribution in [2.24, 2.45) is 5.92 Å². The molecule has 1 saturated heterocycles. The Morgan fingerprint density at radius 1 is 1.62 bits per heavy atom. The number of ether oxygens (including phenoxy) is 2. The summed E-state index contributed by atoms with van der Waals surface area (Å²) in [6.07, 6.45) is 2.61. The highest BCUT2D eigenvalue weighted by Gasteiger charge is 2.36. The van der Waals surface area contributed by atoms with Crippen molar-refractivity contribution in [1.29, 1.82) is 0 Å². The maximum atomic E-state index is 11.2. The summed E-state index contributed by atoms with van der Waals surface area (Å²) in [7, 11) is 0. The third-order valence-electron chi connectivity index (χ3n) is 2.86. The largest absolute Gasteiger partial charge is 0.479 e. The van der Waals surface area contributed by atoms with Gasteiger partial charge in [-0.05, 0) is 32.1 Å². The minimum atomic E-state index is -1.08. The number of aliphatic carboxylic acids is 1. The smallest absolute Gasteiger partial charge is 0.335 e. The van der Waals surface area contributed by atoms with Crippen LogP contribution in [-0.4, -0.2) is 36.0 Å². The van der Waals surface area contributed by atoms with Gasteiger partial charge in [-0.2, -0.15) is 0 Å².